The molecular formula is C21H33N3O4S. The van der Waals surface area contributed by atoms with Crippen LogP contribution in [0.4, 0.5) is 0 Å². The van der Waals surface area contributed by atoms with Crippen molar-refractivity contribution in [2.24, 2.45) is 0 Å². The molecule has 8 heteroatoms. The zero-order chi connectivity index (χ0) is 21.6. The standard InChI is InChI=1S/C21H33N3O4S/c1-5-18(6-2)22-20(25)9-10-21(26)23-11-13-24(14-12-23)29(27,28)19-15-16(3)7-8-17(19)4/h7-8,15,18H,5-6,9-14H2,1-4H3,(H,22,25). The third kappa shape index (κ3) is 6.02. The normalized spacial score (nSPS) is 15.6. The van der Waals surface area contributed by atoms with E-state index in [1.54, 1.807) is 17.9 Å². The highest BCUT2D eigenvalue weighted by molar-refractivity contribution is 7.89. The monoisotopic (exact) mass is 423 g/mol. The minimum atomic E-state index is -3.58. The number of hydrogen-bond donors (Lipinski definition) is 1. The largest absolute Gasteiger partial charge is 0.353 e. The highest BCUT2D eigenvalue weighted by Crippen LogP contribution is 2.22. The zero-order valence-electron chi connectivity index (χ0n) is 17.9. The lowest BCUT2D eigenvalue weighted by molar-refractivity contribution is -0.134. The van der Waals surface area contributed by atoms with E-state index in [0.717, 1.165) is 24.0 Å². The van der Waals surface area contributed by atoms with Gasteiger partial charge in [-0.1, -0.05) is 26.0 Å². The third-order valence-electron chi connectivity index (χ3n) is 5.47. The summed E-state index contributed by atoms with van der Waals surface area (Å²) in [5, 5.41) is 2.93. The Hall–Kier alpha value is -1.93. The number of piperazine rings is 1. The first-order valence-electron chi connectivity index (χ1n) is 10.3. The maximum Gasteiger partial charge on any atom is 0.243 e. The Bertz CT molecular complexity index is 826. The quantitative estimate of drug-likeness (QED) is 0.695. The second-order valence-corrected chi connectivity index (χ2v) is 9.54. The molecule has 0 bridgehead atoms. The van der Waals surface area contributed by atoms with E-state index in [0.29, 0.717) is 18.0 Å². The third-order valence-corrected chi connectivity index (χ3v) is 7.51. The van der Waals surface area contributed by atoms with Crippen LogP contribution in [0.15, 0.2) is 23.1 Å². The number of amides is 2. The van der Waals surface area contributed by atoms with Gasteiger partial charge in [0.25, 0.3) is 0 Å². The summed E-state index contributed by atoms with van der Waals surface area (Å²) in [5.74, 6) is -0.211. The molecule has 1 aromatic rings. The van der Waals surface area contributed by atoms with E-state index in [9.17, 15) is 18.0 Å². The Balaban J connectivity index is 1.89. The van der Waals surface area contributed by atoms with Crippen LogP contribution in [0, 0.1) is 13.8 Å². The van der Waals surface area contributed by atoms with Crippen LogP contribution in [0.2, 0.25) is 0 Å². The van der Waals surface area contributed by atoms with Gasteiger partial charge in [-0.05, 0) is 43.9 Å². The smallest absolute Gasteiger partial charge is 0.243 e. The molecule has 1 aliphatic heterocycles. The molecule has 29 heavy (non-hydrogen) atoms. The number of aryl methyl sites for hydroxylation is 2. The van der Waals surface area contributed by atoms with E-state index >= 15 is 0 Å². The Morgan fingerprint density at radius 2 is 1.66 bits per heavy atom. The lowest BCUT2D eigenvalue weighted by Crippen LogP contribution is -2.50. The number of rotatable bonds is 8. The number of sulfonamides is 1. The molecule has 1 aliphatic rings. The van der Waals surface area contributed by atoms with Crippen molar-refractivity contribution in [3.63, 3.8) is 0 Å². The molecule has 7 nitrogen and oxygen atoms in total. The summed E-state index contributed by atoms with van der Waals surface area (Å²) in [6.07, 6.45) is 2.05. The van der Waals surface area contributed by atoms with E-state index in [1.807, 2.05) is 32.9 Å². The number of carbonyl (C=O) groups is 2. The van der Waals surface area contributed by atoms with Gasteiger partial charge >= 0.3 is 0 Å². The summed E-state index contributed by atoms with van der Waals surface area (Å²) in [6.45, 7) is 8.92. The molecule has 2 rings (SSSR count). The number of nitrogens with zero attached hydrogens (tertiary/aromatic N) is 2. The van der Waals surface area contributed by atoms with Crippen LogP contribution in [0.5, 0.6) is 0 Å². The number of nitrogens with one attached hydrogen (secondary N) is 1. The van der Waals surface area contributed by atoms with E-state index < -0.39 is 10.0 Å². The molecule has 162 valence electrons. The van der Waals surface area contributed by atoms with Gasteiger partial charge in [0.1, 0.15) is 0 Å². The summed E-state index contributed by atoms with van der Waals surface area (Å²) in [6, 6.07) is 5.55. The van der Waals surface area contributed by atoms with Gasteiger partial charge in [0, 0.05) is 45.1 Å². The Labute approximate surface area is 174 Å². The second kappa shape index (κ2) is 10.2. The van der Waals surface area contributed by atoms with Gasteiger partial charge in [-0.2, -0.15) is 4.31 Å². The average molecular weight is 424 g/mol. The molecule has 0 radical (unpaired) electrons. The molecule has 1 saturated heterocycles. The van der Waals surface area contributed by atoms with Crippen LogP contribution in [-0.2, 0) is 19.6 Å². The van der Waals surface area contributed by atoms with Crippen molar-refractivity contribution in [3.05, 3.63) is 29.3 Å². The molecule has 2 amide bonds. The van der Waals surface area contributed by atoms with Gasteiger partial charge in [-0.25, -0.2) is 8.42 Å². The zero-order valence-corrected chi connectivity index (χ0v) is 18.7. The highest BCUT2D eigenvalue weighted by Gasteiger charge is 2.31. The summed E-state index contributed by atoms with van der Waals surface area (Å²) >= 11 is 0. The van der Waals surface area contributed by atoms with Crippen LogP contribution >= 0.6 is 0 Å². The van der Waals surface area contributed by atoms with Crippen LogP contribution in [-0.4, -0.2) is 61.7 Å². The second-order valence-electron chi connectivity index (χ2n) is 7.63. The SMILES string of the molecule is CCC(CC)NC(=O)CCC(=O)N1CCN(S(=O)(=O)c2cc(C)ccc2C)CC1. The lowest BCUT2D eigenvalue weighted by Gasteiger charge is -2.34. The molecule has 0 saturated carbocycles. The average Bonchev–Trinajstić information content (AvgIpc) is 2.71. The predicted octanol–water partition coefficient (Wildman–Crippen LogP) is 2.22. The van der Waals surface area contributed by atoms with Gasteiger partial charge in [0.05, 0.1) is 4.90 Å². The van der Waals surface area contributed by atoms with Crippen molar-refractivity contribution in [1.82, 2.24) is 14.5 Å². The molecule has 1 fully saturated rings. The minimum absolute atomic E-state index is 0.103. The summed E-state index contributed by atoms with van der Waals surface area (Å²) < 4.78 is 27.4. The van der Waals surface area contributed by atoms with Crippen molar-refractivity contribution >= 4 is 21.8 Å². The Morgan fingerprint density at radius 3 is 2.24 bits per heavy atom. The molecule has 0 aromatic heterocycles. The number of hydrogen-bond acceptors (Lipinski definition) is 4. The number of carbonyl (C=O) groups excluding carboxylic acids is 2. The lowest BCUT2D eigenvalue weighted by atomic mass is 10.1. The number of benzene rings is 1. The van der Waals surface area contributed by atoms with E-state index in [2.05, 4.69) is 5.32 Å². The summed E-state index contributed by atoms with van der Waals surface area (Å²) in [7, 11) is -3.58. The van der Waals surface area contributed by atoms with Crippen LogP contribution in [0.25, 0.3) is 0 Å². The van der Waals surface area contributed by atoms with Crippen molar-refractivity contribution in [1.29, 1.82) is 0 Å². The van der Waals surface area contributed by atoms with Gasteiger partial charge in [0.15, 0.2) is 0 Å². The Kier molecular flexibility index (Phi) is 8.22. The molecule has 1 aromatic carbocycles. The molecule has 0 atom stereocenters. The van der Waals surface area contributed by atoms with E-state index in [4.69, 9.17) is 0 Å². The first-order chi connectivity index (χ1) is 13.7. The molecule has 0 aliphatic carbocycles. The topological polar surface area (TPSA) is 86.8 Å². The van der Waals surface area contributed by atoms with Crippen LogP contribution in [0.3, 0.4) is 0 Å². The fourth-order valence-corrected chi connectivity index (χ4v) is 5.21. The maximum absolute atomic E-state index is 13.0. The first kappa shape index (κ1) is 23.3. The summed E-state index contributed by atoms with van der Waals surface area (Å²) in [4.78, 5) is 26.4. The molecular weight excluding hydrogens is 390 g/mol. The molecule has 0 unspecified atom stereocenters. The van der Waals surface area contributed by atoms with E-state index in [1.165, 1.54) is 4.31 Å². The van der Waals surface area contributed by atoms with Crippen molar-refractivity contribution in [3.8, 4) is 0 Å². The van der Waals surface area contributed by atoms with Gasteiger partial charge < -0.3 is 10.2 Å². The van der Waals surface area contributed by atoms with Crippen LogP contribution < -0.4 is 5.32 Å². The Morgan fingerprint density at radius 1 is 1.03 bits per heavy atom. The van der Waals surface area contributed by atoms with Crippen molar-refractivity contribution in [2.75, 3.05) is 26.2 Å². The minimum Gasteiger partial charge on any atom is -0.353 e. The van der Waals surface area contributed by atoms with Gasteiger partial charge in [-0.3, -0.25) is 9.59 Å². The fourth-order valence-electron chi connectivity index (χ4n) is 3.47. The fraction of sp³-hybridized carbons (Fsp3) is 0.619. The summed E-state index contributed by atoms with van der Waals surface area (Å²) in [5.41, 5.74) is 1.62. The van der Waals surface area contributed by atoms with E-state index in [-0.39, 0.29) is 43.8 Å². The van der Waals surface area contributed by atoms with Crippen molar-refractivity contribution < 1.29 is 18.0 Å². The molecule has 1 heterocycles. The molecule has 0 spiro atoms. The maximum atomic E-state index is 13.0. The van der Waals surface area contributed by atoms with Crippen molar-refractivity contribution in [2.45, 2.75) is 64.3 Å². The highest BCUT2D eigenvalue weighted by atomic mass is 32.2. The van der Waals surface area contributed by atoms with Gasteiger partial charge in [-0.15, -0.1) is 0 Å². The predicted molar refractivity (Wildman–Crippen MR) is 113 cm³/mol. The van der Waals surface area contributed by atoms with Gasteiger partial charge in [0.2, 0.25) is 21.8 Å². The molecule has 1 N–H and O–H groups in total. The van der Waals surface area contributed by atoms with Crippen LogP contribution in [0.1, 0.15) is 50.7 Å². The first-order valence-corrected chi connectivity index (χ1v) is 11.8.